The van der Waals surface area contributed by atoms with Crippen molar-refractivity contribution >= 4 is 12.6 Å². The quantitative estimate of drug-likeness (QED) is 0.203. The maximum Gasteiger partial charge on any atom is 0.184 e. The molecule has 5 unspecified atom stereocenters. The monoisotopic (exact) mass is 286 g/mol. The van der Waals surface area contributed by atoms with E-state index in [-0.39, 0.29) is 12.4 Å². The number of hydrogen-bond acceptors (Lipinski definition) is 9. The zero-order valence-corrected chi connectivity index (χ0v) is 10.3. The molecule has 1 saturated heterocycles. The Morgan fingerprint density at radius 2 is 1.67 bits per heavy atom. The first kappa shape index (κ1) is 16.1. The highest BCUT2D eigenvalue weighted by atomic mass is 32.1. The van der Waals surface area contributed by atoms with Gasteiger partial charge in [-0.2, -0.15) is 12.6 Å². The number of aliphatic hydroxyl groups is 6. The molecule has 0 aliphatic carbocycles. The van der Waals surface area contributed by atoms with E-state index in [1.54, 1.807) is 0 Å². The highest BCUT2D eigenvalue weighted by Gasteiger charge is 2.43. The van der Waals surface area contributed by atoms with Gasteiger partial charge in [-0.1, -0.05) is 0 Å². The van der Waals surface area contributed by atoms with Crippen LogP contribution in [0.1, 0.15) is 0 Å². The van der Waals surface area contributed by atoms with Crippen molar-refractivity contribution in [1.29, 1.82) is 0 Å². The van der Waals surface area contributed by atoms with Crippen molar-refractivity contribution in [1.82, 2.24) is 0 Å². The maximum atomic E-state index is 9.55. The van der Waals surface area contributed by atoms with E-state index in [0.717, 1.165) is 0 Å². The fraction of sp³-hybridized carbons (Fsp3) is 1.00. The van der Waals surface area contributed by atoms with Gasteiger partial charge >= 0.3 is 0 Å². The van der Waals surface area contributed by atoms with E-state index in [1.807, 2.05) is 0 Å². The summed E-state index contributed by atoms with van der Waals surface area (Å²) in [5.74, 6) is -0.0286. The first-order valence-corrected chi connectivity index (χ1v) is 5.98. The molecule has 0 radical (unpaired) electrons. The van der Waals surface area contributed by atoms with Crippen molar-refractivity contribution in [2.45, 2.75) is 43.1 Å². The van der Waals surface area contributed by atoms with Crippen LogP contribution >= 0.6 is 12.6 Å². The van der Waals surface area contributed by atoms with Gasteiger partial charge in [-0.05, 0) is 0 Å². The van der Waals surface area contributed by atoms with E-state index in [4.69, 9.17) is 9.47 Å². The van der Waals surface area contributed by atoms with E-state index in [0.29, 0.717) is 0 Å². The SMILES string of the molecule is OC(CS)C(O)OCC1O[C@@H](O)C(O)C(O)[C@@H]1O. The Morgan fingerprint density at radius 3 is 2.22 bits per heavy atom. The van der Waals surface area contributed by atoms with E-state index >= 15 is 0 Å². The van der Waals surface area contributed by atoms with Gasteiger partial charge in [0, 0.05) is 5.75 Å². The van der Waals surface area contributed by atoms with Crippen LogP contribution in [0.5, 0.6) is 0 Å². The van der Waals surface area contributed by atoms with Gasteiger partial charge in [0.25, 0.3) is 0 Å². The van der Waals surface area contributed by atoms with Crippen LogP contribution in [0.4, 0.5) is 0 Å². The number of ether oxygens (including phenoxy) is 2. The van der Waals surface area contributed by atoms with Gasteiger partial charge in [-0.15, -0.1) is 0 Å². The Bertz CT molecular complexity index is 255. The summed E-state index contributed by atoms with van der Waals surface area (Å²) < 4.78 is 9.61. The maximum absolute atomic E-state index is 9.55. The van der Waals surface area contributed by atoms with Crippen LogP contribution in [0.25, 0.3) is 0 Å². The fourth-order valence-corrected chi connectivity index (χ4v) is 1.64. The van der Waals surface area contributed by atoms with Gasteiger partial charge in [-0.3, -0.25) is 0 Å². The van der Waals surface area contributed by atoms with Crippen molar-refractivity contribution in [3.63, 3.8) is 0 Å². The minimum absolute atomic E-state index is 0.0286. The number of aliphatic hydroxyl groups excluding tert-OH is 6. The van der Waals surface area contributed by atoms with E-state index < -0.39 is 43.1 Å². The molecule has 1 aliphatic rings. The molecule has 0 amide bonds. The summed E-state index contributed by atoms with van der Waals surface area (Å²) in [6.07, 6.45) is -10.2. The highest BCUT2D eigenvalue weighted by Crippen LogP contribution is 2.20. The molecule has 0 spiro atoms. The Labute approximate surface area is 109 Å². The summed E-state index contributed by atoms with van der Waals surface area (Å²) in [6.45, 7) is -0.381. The Balaban J connectivity index is 2.47. The second kappa shape index (κ2) is 6.98. The summed E-state index contributed by atoms with van der Waals surface area (Å²) in [5.41, 5.74) is 0. The van der Waals surface area contributed by atoms with Gasteiger partial charge in [0.1, 0.15) is 30.5 Å². The topological polar surface area (TPSA) is 140 Å². The van der Waals surface area contributed by atoms with Crippen LogP contribution in [0.15, 0.2) is 0 Å². The molecule has 6 N–H and O–H groups in total. The van der Waals surface area contributed by atoms with Crippen molar-refractivity contribution in [3.05, 3.63) is 0 Å². The average molecular weight is 286 g/mol. The number of thiol groups is 1. The van der Waals surface area contributed by atoms with Crippen LogP contribution in [0.3, 0.4) is 0 Å². The predicted molar refractivity (Wildman–Crippen MR) is 60.7 cm³/mol. The molecule has 0 aromatic heterocycles. The van der Waals surface area contributed by atoms with E-state index in [1.165, 1.54) is 0 Å². The van der Waals surface area contributed by atoms with Gasteiger partial charge in [0.15, 0.2) is 12.6 Å². The Kier molecular flexibility index (Phi) is 6.24. The van der Waals surface area contributed by atoms with Crippen molar-refractivity contribution in [2.75, 3.05) is 12.4 Å². The van der Waals surface area contributed by atoms with Crippen LogP contribution < -0.4 is 0 Å². The van der Waals surface area contributed by atoms with Crippen LogP contribution in [-0.2, 0) is 9.47 Å². The molecule has 9 heteroatoms. The lowest BCUT2D eigenvalue weighted by atomic mass is 9.99. The van der Waals surface area contributed by atoms with Crippen LogP contribution in [0.2, 0.25) is 0 Å². The van der Waals surface area contributed by atoms with E-state index in [2.05, 4.69) is 12.6 Å². The fourth-order valence-electron chi connectivity index (χ4n) is 1.46. The molecule has 0 aromatic rings. The molecule has 18 heavy (non-hydrogen) atoms. The lowest BCUT2D eigenvalue weighted by Gasteiger charge is -2.38. The molecule has 0 saturated carbocycles. The molecule has 7 atom stereocenters. The highest BCUT2D eigenvalue weighted by molar-refractivity contribution is 7.80. The standard InChI is InChI=1S/C9H18O8S/c10-3(2-18)8(14)16-1-4-5(11)6(12)7(13)9(15)17-4/h3-15,18H,1-2H2/t3?,4?,5-,6?,7?,8?,9-/m1/s1. The minimum atomic E-state index is -1.66. The van der Waals surface area contributed by atoms with Crippen LogP contribution in [-0.4, -0.2) is 86.1 Å². The van der Waals surface area contributed by atoms with Gasteiger partial charge < -0.3 is 40.1 Å². The molecule has 8 nitrogen and oxygen atoms in total. The molecule has 0 bridgehead atoms. The molecule has 1 fully saturated rings. The van der Waals surface area contributed by atoms with Crippen molar-refractivity contribution in [2.24, 2.45) is 0 Å². The second-order valence-electron chi connectivity index (χ2n) is 4.01. The summed E-state index contributed by atoms with van der Waals surface area (Å²) in [7, 11) is 0. The third-order valence-electron chi connectivity index (χ3n) is 2.63. The first-order chi connectivity index (χ1) is 8.38. The average Bonchev–Trinajstić information content (AvgIpc) is 2.37. The number of rotatable bonds is 5. The summed E-state index contributed by atoms with van der Waals surface area (Å²) in [6, 6.07) is 0. The van der Waals surface area contributed by atoms with Gasteiger partial charge in [0.05, 0.1) is 6.61 Å². The largest absolute Gasteiger partial charge is 0.387 e. The third-order valence-corrected chi connectivity index (χ3v) is 3.01. The molecular formula is C9H18O8S. The zero-order chi connectivity index (χ0) is 13.9. The normalized spacial score (nSPS) is 40.5. The predicted octanol–water partition coefficient (Wildman–Crippen LogP) is -3.59. The summed E-state index contributed by atoms with van der Waals surface area (Å²) in [5, 5.41) is 55.8. The molecule has 1 rings (SSSR count). The zero-order valence-electron chi connectivity index (χ0n) is 9.40. The first-order valence-electron chi connectivity index (χ1n) is 5.34. The molecule has 1 heterocycles. The number of hydrogen-bond donors (Lipinski definition) is 7. The molecule has 1 aliphatic heterocycles. The molecule has 108 valence electrons. The smallest absolute Gasteiger partial charge is 0.184 e. The summed E-state index contributed by atoms with van der Waals surface area (Å²) in [4.78, 5) is 0. The molecular weight excluding hydrogens is 268 g/mol. The minimum Gasteiger partial charge on any atom is -0.387 e. The van der Waals surface area contributed by atoms with Gasteiger partial charge in [0.2, 0.25) is 0 Å². The lowest BCUT2D eigenvalue weighted by molar-refractivity contribution is -0.297. The summed E-state index contributed by atoms with van der Waals surface area (Å²) >= 11 is 3.75. The third kappa shape index (κ3) is 3.76. The Morgan fingerprint density at radius 1 is 1.06 bits per heavy atom. The molecule has 0 aromatic carbocycles. The Hall–Kier alpha value is 0.0300. The van der Waals surface area contributed by atoms with Gasteiger partial charge in [-0.25, -0.2) is 0 Å². The van der Waals surface area contributed by atoms with Crippen molar-refractivity contribution in [3.8, 4) is 0 Å². The van der Waals surface area contributed by atoms with E-state index in [9.17, 15) is 30.6 Å². The van der Waals surface area contributed by atoms with Crippen molar-refractivity contribution < 1.29 is 40.1 Å². The second-order valence-corrected chi connectivity index (χ2v) is 4.38. The lowest BCUT2D eigenvalue weighted by Crippen LogP contribution is -2.58. The van der Waals surface area contributed by atoms with Crippen LogP contribution in [0, 0.1) is 0 Å².